The van der Waals surface area contributed by atoms with E-state index in [2.05, 4.69) is 21.2 Å². The number of hydrogen-bond donors (Lipinski definition) is 1. The number of unbranched alkanes of at least 4 members (excludes halogenated alkanes) is 1. The Hall–Kier alpha value is -1.04. The summed E-state index contributed by atoms with van der Waals surface area (Å²) >= 11 is 3.25. The average Bonchev–Trinajstić information content (AvgIpc) is 2.29. The molecule has 0 spiro atoms. The maximum Gasteiger partial charge on any atom is 0.416 e. The smallest absolute Gasteiger partial charge is 0.326 e. The largest absolute Gasteiger partial charge is 0.416 e. The first-order chi connectivity index (χ1) is 8.43. The molecule has 0 bridgehead atoms. The molecule has 0 aromatic heterocycles. The van der Waals surface area contributed by atoms with Gasteiger partial charge in [0.2, 0.25) is 5.91 Å². The minimum absolute atomic E-state index is 0.185. The van der Waals surface area contributed by atoms with E-state index in [4.69, 9.17) is 0 Å². The van der Waals surface area contributed by atoms with Crippen molar-refractivity contribution >= 4 is 27.5 Å². The van der Waals surface area contributed by atoms with E-state index in [0.717, 1.165) is 30.3 Å². The third-order valence-electron chi connectivity index (χ3n) is 2.28. The minimum atomic E-state index is -4.35. The van der Waals surface area contributed by atoms with Crippen LogP contribution in [0.4, 0.5) is 18.9 Å². The van der Waals surface area contributed by atoms with E-state index < -0.39 is 11.7 Å². The number of carbonyl (C=O) groups excluding carboxylic acids is 1. The molecule has 0 aliphatic rings. The number of halogens is 4. The number of carbonyl (C=O) groups is 1. The number of anilines is 1. The monoisotopic (exact) mass is 323 g/mol. The molecule has 6 heteroatoms. The Bertz CT molecular complexity index is 389. The van der Waals surface area contributed by atoms with E-state index in [9.17, 15) is 18.0 Å². The first-order valence-corrected chi connectivity index (χ1v) is 6.58. The van der Waals surface area contributed by atoms with Crippen LogP contribution < -0.4 is 5.32 Å². The molecule has 2 nitrogen and oxygen atoms in total. The Morgan fingerprint density at radius 1 is 1.17 bits per heavy atom. The maximum atomic E-state index is 12.3. The van der Waals surface area contributed by atoms with Gasteiger partial charge in [0, 0.05) is 17.4 Å². The second-order valence-electron chi connectivity index (χ2n) is 3.77. The van der Waals surface area contributed by atoms with Gasteiger partial charge >= 0.3 is 6.18 Å². The van der Waals surface area contributed by atoms with Crippen molar-refractivity contribution in [1.29, 1.82) is 0 Å². The lowest BCUT2D eigenvalue weighted by Crippen LogP contribution is -2.11. The molecule has 18 heavy (non-hydrogen) atoms. The molecule has 0 heterocycles. The average molecular weight is 324 g/mol. The molecule has 1 rings (SSSR count). The lowest BCUT2D eigenvalue weighted by atomic mass is 10.2. The summed E-state index contributed by atoms with van der Waals surface area (Å²) in [6.07, 6.45) is -2.34. The standard InChI is InChI=1S/C12H13BrF3NO/c13-8-2-1-3-11(18)17-10-6-4-9(5-7-10)12(14,15)16/h4-7H,1-3,8H2,(H,17,18). The molecule has 0 fully saturated rings. The molecule has 0 radical (unpaired) electrons. The predicted octanol–water partition coefficient (Wildman–Crippen LogP) is 4.21. The fourth-order valence-electron chi connectivity index (χ4n) is 1.35. The first-order valence-electron chi connectivity index (χ1n) is 5.46. The van der Waals surface area contributed by atoms with Crippen LogP contribution in [0.3, 0.4) is 0 Å². The number of rotatable bonds is 5. The van der Waals surface area contributed by atoms with Crippen molar-refractivity contribution in [1.82, 2.24) is 0 Å². The summed E-state index contributed by atoms with van der Waals surface area (Å²) in [7, 11) is 0. The second kappa shape index (κ2) is 6.78. The van der Waals surface area contributed by atoms with Gasteiger partial charge in [-0.1, -0.05) is 15.9 Å². The van der Waals surface area contributed by atoms with Crippen molar-refractivity contribution in [2.75, 3.05) is 10.6 Å². The molecule has 0 saturated carbocycles. The Balaban J connectivity index is 2.51. The summed E-state index contributed by atoms with van der Waals surface area (Å²) in [5.74, 6) is -0.185. The van der Waals surface area contributed by atoms with E-state index in [1.165, 1.54) is 12.1 Å². The summed E-state index contributed by atoms with van der Waals surface area (Å²) in [4.78, 5) is 11.4. The Morgan fingerprint density at radius 2 is 1.78 bits per heavy atom. The lowest BCUT2D eigenvalue weighted by Gasteiger charge is -2.08. The van der Waals surface area contributed by atoms with Crippen LogP contribution in [0.1, 0.15) is 24.8 Å². The third-order valence-corrected chi connectivity index (χ3v) is 2.84. The summed E-state index contributed by atoms with van der Waals surface area (Å²) in [5, 5.41) is 3.39. The zero-order valence-corrected chi connectivity index (χ0v) is 11.1. The summed E-state index contributed by atoms with van der Waals surface area (Å²) < 4.78 is 36.9. The van der Waals surface area contributed by atoms with Crippen molar-refractivity contribution in [2.24, 2.45) is 0 Å². The van der Waals surface area contributed by atoms with Gasteiger partial charge in [-0.25, -0.2) is 0 Å². The first kappa shape index (κ1) is 15.0. The molecule has 1 aromatic rings. The third kappa shape index (κ3) is 5.08. The van der Waals surface area contributed by atoms with Gasteiger partial charge < -0.3 is 5.32 Å². The lowest BCUT2D eigenvalue weighted by molar-refractivity contribution is -0.137. The van der Waals surface area contributed by atoms with E-state index in [1.54, 1.807) is 0 Å². The highest BCUT2D eigenvalue weighted by Crippen LogP contribution is 2.29. The van der Waals surface area contributed by atoms with Crippen LogP contribution in [0.5, 0.6) is 0 Å². The van der Waals surface area contributed by atoms with Gasteiger partial charge in [-0.2, -0.15) is 13.2 Å². The van der Waals surface area contributed by atoms with E-state index >= 15 is 0 Å². The van der Waals surface area contributed by atoms with Gasteiger partial charge in [0.1, 0.15) is 0 Å². The van der Waals surface area contributed by atoms with Crippen molar-refractivity contribution < 1.29 is 18.0 Å². The van der Waals surface area contributed by atoms with E-state index in [-0.39, 0.29) is 5.91 Å². The topological polar surface area (TPSA) is 29.1 Å². The molecule has 100 valence electrons. The van der Waals surface area contributed by atoms with Crippen molar-refractivity contribution in [2.45, 2.75) is 25.4 Å². The number of alkyl halides is 4. The summed E-state index contributed by atoms with van der Waals surface area (Å²) in [6.45, 7) is 0. The Labute approximate surface area is 112 Å². The van der Waals surface area contributed by atoms with Gasteiger partial charge in [-0.05, 0) is 37.1 Å². The van der Waals surface area contributed by atoms with Gasteiger partial charge in [0.15, 0.2) is 0 Å². The van der Waals surface area contributed by atoms with Crippen LogP contribution in [0.15, 0.2) is 24.3 Å². The predicted molar refractivity (Wildman–Crippen MR) is 67.7 cm³/mol. The normalized spacial score (nSPS) is 11.3. The summed E-state index contributed by atoms with van der Waals surface area (Å²) in [6, 6.07) is 4.42. The van der Waals surface area contributed by atoms with Crippen molar-refractivity contribution in [3.63, 3.8) is 0 Å². The Kier molecular flexibility index (Phi) is 5.65. The van der Waals surface area contributed by atoms with Gasteiger partial charge in [0.05, 0.1) is 5.56 Å². The molecule has 0 aliphatic carbocycles. The number of hydrogen-bond acceptors (Lipinski definition) is 1. The molecule has 1 amide bonds. The van der Waals surface area contributed by atoms with E-state index in [1.807, 2.05) is 0 Å². The number of benzene rings is 1. The highest BCUT2D eigenvalue weighted by molar-refractivity contribution is 9.09. The van der Waals surface area contributed by atoms with Crippen LogP contribution in [0.2, 0.25) is 0 Å². The molecule has 0 unspecified atom stereocenters. The van der Waals surface area contributed by atoms with Gasteiger partial charge in [-0.3, -0.25) is 4.79 Å². The quantitative estimate of drug-likeness (QED) is 0.638. The second-order valence-corrected chi connectivity index (χ2v) is 4.56. The van der Waals surface area contributed by atoms with Crippen molar-refractivity contribution in [3.05, 3.63) is 29.8 Å². The minimum Gasteiger partial charge on any atom is -0.326 e. The fourth-order valence-corrected chi connectivity index (χ4v) is 1.74. The van der Waals surface area contributed by atoms with Crippen LogP contribution in [0, 0.1) is 0 Å². The summed E-state index contributed by atoms with van der Waals surface area (Å²) in [5.41, 5.74) is -0.341. The Morgan fingerprint density at radius 3 is 2.28 bits per heavy atom. The van der Waals surface area contributed by atoms with Crippen molar-refractivity contribution in [3.8, 4) is 0 Å². The van der Waals surface area contributed by atoms with E-state index in [0.29, 0.717) is 12.1 Å². The highest BCUT2D eigenvalue weighted by Gasteiger charge is 2.29. The SMILES string of the molecule is O=C(CCCCBr)Nc1ccc(C(F)(F)F)cc1. The highest BCUT2D eigenvalue weighted by atomic mass is 79.9. The molecular formula is C12H13BrF3NO. The van der Waals surface area contributed by atoms with Gasteiger partial charge in [0.25, 0.3) is 0 Å². The van der Waals surface area contributed by atoms with Gasteiger partial charge in [-0.15, -0.1) is 0 Å². The molecule has 0 aliphatic heterocycles. The molecule has 1 aromatic carbocycles. The number of nitrogens with one attached hydrogen (secondary N) is 1. The number of amides is 1. The maximum absolute atomic E-state index is 12.3. The fraction of sp³-hybridized carbons (Fsp3) is 0.417. The van der Waals surface area contributed by atoms with Crippen LogP contribution in [0.25, 0.3) is 0 Å². The van der Waals surface area contributed by atoms with Crippen LogP contribution in [-0.4, -0.2) is 11.2 Å². The van der Waals surface area contributed by atoms with Crippen LogP contribution >= 0.6 is 15.9 Å². The molecule has 0 atom stereocenters. The van der Waals surface area contributed by atoms with Crippen LogP contribution in [-0.2, 0) is 11.0 Å². The zero-order chi connectivity index (χ0) is 13.6. The zero-order valence-electron chi connectivity index (χ0n) is 9.56. The molecule has 1 N–H and O–H groups in total. The molecule has 0 saturated heterocycles. The molecular weight excluding hydrogens is 311 g/mol.